The van der Waals surface area contributed by atoms with Crippen LogP contribution >= 0.6 is 0 Å². The second-order valence-corrected chi connectivity index (χ2v) is 18.7. The van der Waals surface area contributed by atoms with Gasteiger partial charge in [0.15, 0.2) is 0 Å². The van der Waals surface area contributed by atoms with Gasteiger partial charge in [-0.05, 0) is 134 Å². The van der Waals surface area contributed by atoms with Crippen LogP contribution in [0, 0.1) is 0 Å². The van der Waals surface area contributed by atoms with Crippen LogP contribution in [0.2, 0.25) is 0 Å². The van der Waals surface area contributed by atoms with Gasteiger partial charge in [-0.25, -0.2) is 0 Å². The van der Waals surface area contributed by atoms with E-state index in [9.17, 15) is 0 Å². The summed E-state index contributed by atoms with van der Waals surface area (Å²) in [6.45, 7) is 0. The molecule has 11 aromatic carbocycles. The molecule has 0 amide bonds. The topological polar surface area (TPSA) is 21.3 Å². The van der Waals surface area contributed by atoms with E-state index in [4.69, 9.17) is 4.42 Å². The monoisotopic (exact) mass is 890 g/mol. The number of hydrogen-bond donors (Lipinski definition) is 0. The number of benzene rings is 11. The molecule has 0 unspecified atom stereocenters. The summed E-state index contributed by atoms with van der Waals surface area (Å²) in [5, 5.41) is 4.62. The van der Waals surface area contributed by atoms with E-state index in [0.717, 1.165) is 50.3 Å². The fraction of sp³-hybridized carbons (Fsp3) is 0.0149. The fourth-order valence-corrected chi connectivity index (χ4v) is 12.4. The number of anilines is 3. The summed E-state index contributed by atoms with van der Waals surface area (Å²) in [5.74, 6) is 0. The van der Waals surface area contributed by atoms with Crippen molar-refractivity contribution in [3.63, 3.8) is 0 Å². The lowest BCUT2D eigenvalue weighted by Gasteiger charge is -2.31. The summed E-state index contributed by atoms with van der Waals surface area (Å²) in [5.41, 5.74) is 23.1. The molecule has 0 aliphatic heterocycles. The van der Waals surface area contributed by atoms with Gasteiger partial charge in [-0.2, -0.15) is 0 Å². The van der Waals surface area contributed by atoms with Crippen molar-refractivity contribution >= 4 is 60.8 Å². The van der Waals surface area contributed by atoms with Crippen LogP contribution < -0.4 is 4.90 Å². The molecule has 2 aliphatic carbocycles. The zero-order valence-electron chi connectivity index (χ0n) is 38.1. The van der Waals surface area contributed by atoms with E-state index in [0.29, 0.717) is 0 Å². The first-order valence-corrected chi connectivity index (χ1v) is 24.2. The Balaban J connectivity index is 0.952. The molecule has 0 saturated heterocycles. The predicted octanol–water partition coefficient (Wildman–Crippen LogP) is 17.8. The maximum absolute atomic E-state index is 6.70. The van der Waals surface area contributed by atoms with E-state index < -0.39 is 5.41 Å². The summed E-state index contributed by atoms with van der Waals surface area (Å²) >= 11 is 0. The Hall–Kier alpha value is -9.18. The predicted molar refractivity (Wildman–Crippen MR) is 290 cm³/mol. The van der Waals surface area contributed by atoms with E-state index in [1.54, 1.807) is 0 Å². The van der Waals surface area contributed by atoms with Gasteiger partial charge in [0.05, 0.1) is 22.1 Å². The van der Waals surface area contributed by atoms with Gasteiger partial charge < -0.3 is 13.9 Å². The Kier molecular flexibility index (Phi) is 8.28. The van der Waals surface area contributed by atoms with Crippen molar-refractivity contribution in [3.05, 3.63) is 277 Å². The Labute approximate surface area is 405 Å². The SMILES string of the molecule is c1ccc(-c2ccc(N(c3ccc4oc5ccc(-c6cccc7c6c6ccccc6n7-c6ccccc6)cc5c4c3)c3cccc4c3-c3ccccc3C43c4ccccc4-c4ccccc43)cc2)cc1. The summed E-state index contributed by atoms with van der Waals surface area (Å²) in [6.07, 6.45) is 0. The minimum atomic E-state index is -0.463. The molecule has 15 rings (SSSR count). The Morgan fingerprint density at radius 3 is 1.63 bits per heavy atom. The Morgan fingerprint density at radius 2 is 0.871 bits per heavy atom. The number of para-hydroxylation sites is 2. The zero-order chi connectivity index (χ0) is 45.9. The third-order valence-corrected chi connectivity index (χ3v) is 15.2. The van der Waals surface area contributed by atoms with Gasteiger partial charge in [-0.15, -0.1) is 0 Å². The van der Waals surface area contributed by atoms with Crippen molar-refractivity contribution in [2.45, 2.75) is 5.41 Å². The molecular weight excluding hydrogens is 849 g/mol. The van der Waals surface area contributed by atoms with Gasteiger partial charge >= 0.3 is 0 Å². The number of furan rings is 1. The normalized spacial score (nSPS) is 13.0. The summed E-state index contributed by atoms with van der Waals surface area (Å²) in [6, 6.07) is 93.4. The lowest BCUT2D eigenvalue weighted by atomic mass is 9.70. The molecule has 0 N–H and O–H groups in total. The highest BCUT2D eigenvalue weighted by molar-refractivity contribution is 6.17. The zero-order valence-corrected chi connectivity index (χ0v) is 38.1. The average molecular weight is 891 g/mol. The van der Waals surface area contributed by atoms with E-state index in [2.05, 4.69) is 264 Å². The van der Waals surface area contributed by atoms with Crippen molar-refractivity contribution in [2.24, 2.45) is 0 Å². The number of hydrogen-bond acceptors (Lipinski definition) is 2. The Morgan fingerprint density at radius 1 is 0.343 bits per heavy atom. The molecule has 326 valence electrons. The molecule has 0 atom stereocenters. The second-order valence-electron chi connectivity index (χ2n) is 18.7. The van der Waals surface area contributed by atoms with Gasteiger partial charge in [-0.1, -0.05) is 182 Å². The minimum absolute atomic E-state index is 0.463. The molecule has 2 aromatic heterocycles. The van der Waals surface area contributed by atoms with E-state index in [1.165, 1.54) is 83.0 Å². The maximum atomic E-state index is 6.70. The van der Waals surface area contributed by atoms with Crippen LogP contribution in [0.25, 0.3) is 93.9 Å². The van der Waals surface area contributed by atoms with Crippen LogP contribution in [0.3, 0.4) is 0 Å². The smallest absolute Gasteiger partial charge is 0.135 e. The number of rotatable bonds is 6. The highest BCUT2D eigenvalue weighted by Gasteiger charge is 2.52. The van der Waals surface area contributed by atoms with Crippen LogP contribution in [-0.4, -0.2) is 4.57 Å². The van der Waals surface area contributed by atoms with Crippen LogP contribution in [0.15, 0.2) is 259 Å². The molecule has 0 bridgehead atoms. The van der Waals surface area contributed by atoms with Crippen LogP contribution in [-0.2, 0) is 5.41 Å². The van der Waals surface area contributed by atoms with Crippen molar-refractivity contribution < 1.29 is 4.42 Å². The third-order valence-electron chi connectivity index (χ3n) is 15.2. The van der Waals surface area contributed by atoms with Crippen molar-refractivity contribution in [1.29, 1.82) is 0 Å². The quantitative estimate of drug-likeness (QED) is 0.166. The number of fused-ring (bicyclic) bond motifs is 16. The first-order valence-electron chi connectivity index (χ1n) is 24.2. The van der Waals surface area contributed by atoms with Gasteiger partial charge in [-0.3, -0.25) is 0 Å². The molecule has 0 fully saturated rings. The lowest BCUT2D eigenvalue weighted by molar-refractivity contribution is 0.669. The van der Waals surface area contributed by atoms with Gasteiger partial charge in [0.1, 0.15) is 11.2 Å². The van der Waals surface area contributed by atoms with Crippen molar-refractivity contribution in [3.8, 4) is 50.2 Å². The molecule has 2 heterocycles. The molecule has 0 saturated carbocycles. The highest BCUT2D eigenvalue weighted by atomic mass is 16.3. The maximum Gasteiger partial charge on any atom is 0.135 e. The van der Waals surface area contributed by atoms with Crippen LogP contribution in [0.4, 0.5) is 17.1 Å². The van der Waals surface area contributed by atoms with Gasteiger partial charge in [0.2, 0.25) is 0 Å². The van der Waals surface area contributed by atoms with Crippen LogP contribution in [0.5, 0.6) is 0 Å². The van der Waals surface area contributed by atoms with Crippen LogP contribution in [0.1, 0.15) is 22.3 Å². The first-order chi connectivity index (χ1) is 34.7. The molecule has 3 nitrogen and oxygen atoms in total. The van der Waals surface area contributed by atoms with Gasteiger partial charge in [0.25, 0.3) is 0 Å². The number of aromatic nitrogens is 1. The van der Waals surface area contributed by atoms with E-state index in [1.807, 2.05) is 0 Å². The molecule has 0 radical (unpaired) electrons. The molecule has 13 aromatic rings. The second kappa shape index (κ2) is 14.9. The number of nitrogens with zero attached hydrogens (tertiary/aromatic N) is 2. The summed E-state index contributed by atoms with van der Waals surface area (Å²) in [7, 11) is 0. The lowest BCUT2D eigenvalue weighted by Crippen LogP contribution is -2.26. The molecular formula is C67H42N2O. The molecule has 3 heteroatoms. The highest BCUT2D eigenvalue weighted by Crippen LogP contribution is 2.64. The summed E-state index contributed by atoms with van der Waals surface area (Å²) in [4.78, 5) is 2.47. The Bertz CT molecular complexity index is 4190. The molecule has 70 heavy (non-hydrogen) atoms. The first kappa shape index (κ1) is 38.9. The largest absolute Gasteiger partial charge is 0.456 e. The molecule has 2 aliphatic rings. The van der Waals surface area contributed by atoms with E-state index >= 15 is 0 Å². The fourth-order valence-electron chi connectivity index (χ4n) is 12.4. The average Bonchev–Trinajstić information content (AvgIpc) is 4.16. The standard InChI is InChI=1S/C67H42N2O/c1-3-17-43(18-4-1)44-33-36-47(37-34-44)68(62-32-16-29-59-66(62)52-23-9-13-28-58(52)67(59)56-26-11-7-21-50(56)51-22-8-12-27-57(51)67)48-38-40-64-55(42-48)54-41-45(35-39-63(54)70-64)49-25-15-31-61-65(49)53-24-10-14-30-60(53)69(61)46-19-5-2-6-20-46/h1-42H. The van der Waals surface area contributed by atoms with Crippen molar-refractivity contribution in [1.82, 2.24) is 4.57 Å². The summed E-state index contributed by atoms with van der Waals surface area (Å²) < 4.78 is 9.09. The van der Waals surface area contributed by atoms with Gasteiger partial charge in [0, 0.05) is 44.2 Å². The van der Waals surface area contributed by atoms with Crippen molar-refractivity contribution in [2.75, 3.05) is 4.90 Å². The third kappa shape index (κ3) is 5.40. The molecule has 1 spiro atoms. The van der Waals surface area contributed by atoms with E-state index in [-0.39, 0.29) is 0 Å². The minimum Gasteiger partial charge on any atom is -0.456 e.